The topological polar surface area (TPSA) is 74.2 Å². The first-order valence-electron chi connectivity index (χ1n) is 5.43. The molecule has 1 aliphatic rings. The Kier molecular flexibility index (Phi) is 5.18. The van der Waals surface area contributed by atoms with Gasteiger partial charge in [-0.2, -0.15) is 0 Å². The van der Waals surface area contributed by atoms with Gasteiger partial charge in [0.15, 0.2) is 5.69 Å². The summed E-state index contributed by atoms with van der Waals surface area (Å²) >= 11 is 0. The summed E-state index contributed by atoms with van der Waals surface area (Å²) in [6.07, 6.45) is 3.51. The molecule has 1 aromatic rings. The Morgan fingerprint density at radius 3 is 3.06 bits per heavy atom. The minimum atomic E-state index is -0.313. The summed E-state index contributed by atoms with van der Waals surface area (Å²) in [5.41, 5.74) is 0.0908. The maximum Gasteiger partial charge on any atom is 0.273 e. The van der Waals surface area contributed by atoms with E-state index in [9.17, 15) is 9.90 Å². The molecule has 6 heteroatoms. The highest BCUT2D eigenvalue weighted by Crippen LogP contribution is 2.13. The first-order chi connectivity index (χ1) is 7.77. The average molecular weight is 258 g/mol. The number of nitrogens with one attached hydrogen (secondary N) is 2. The number of hydrogen-bond acceptors (Lipinski definition) is 4. The highest BCUT2D eigenvalue weighted by Gasteiger charge is 2.18. The Balaban J connectivity index is 0.00000144. The number of carbonyl (C=O) groups is 1. The van der Waals surface area contributed by atoms with Crippen LogP contribution in [0.5, 0.6) is 5.75 Å². The number of carbonyl (C=O) groups excluding carboxylic acids is 1. The summed E-state index contributed by atoms with van der Waals surface area (Å²) < 4.78 is 0. The summed E-state index contributed by atoms with van der Waals surface area (Å²) in [5, 5.41) is 15.5. The molecule has 0 spiro atoms. The molecule has 0 bridgehead atoms. The monoisotopic (exact) mass is 257 g/mol. The molecule has 0 saturated carbocycles. The second kappa shape index (κ2) is 6.42. The number of aromatic nitrogens is 1. The van der Waals surface area contributed by atoms with E-state index in [1.165, 1.54) is 12.3 Å². The second-order valence-corrected chi connectivity index (χ2v) is 3.89. The smallest absolute Gasteiger partial charge is 0.273 e. The van der Waals surface area contributed by atoms with E-state index in [1.54, 1.807) is 6.07 Å². The molecule has 0 aliphatic carbocycles. The lowest BCUT2D eigenvalue weighted by Crippen LogP contribution is -2.45. The standard InChI is InChI=1S/C11H15N3O2.ClH/c15-9-4-2-6-13-10(9)11(16)14-8-3-1-5-12-7-8;/h2,4,6,8,12,15H,1,3,5,7H2,(H,14,16);1H/t8-;/m0./s1. The Hall–Kier alpha value is -1.33. The van der Waals surface area contributed by atoms with Gasteiger partial charge in [0.1, 0.15) is 5.75 Å². The molecule has 5 nitrogen and oxygen atoms in total. The lowest BCUT2D eigenvalue weighted by molar-refractivity contribution is 0.0922. The molecule has 0 unspecified atom stereocenters. The molecule has 1 fully saturated rings. The Morgan fingerprint density at radius 1 is 1.59 bits per heavy atom. The lowest BCUT2D eigenvalue weighted by Gasteiger charge is -2.23. The first-order valence-corrected chi connectivity index (χ1v) is 5.43. The fourth-order valence-electron chi connectivity index (χ4n) is 1.80. The number of amides is 1. The molecule has 1 amide bonds. The molecule has 3 N–H and O–H groups in total. The number of halogens is 1. The van der Waals surface area contributed by atoms with Gasteiger partial charge in [-0.15, -0.1) is 12.4 Å². The zero-order valence-electron chi connectivity index (χ0n) is 9.35. The number of aromatic hydroxyl groups is 1. The van der Waals surface area contributed by atoms with Crippen LogP contribution in [0, 0.1) is 0 Å². The van der Waals surface area contributed by atoms with E-state index < -0.39 is 0 Å². The maximum atomic E-state index is 11.8. The van der Waals surface area contributed by atoms with Crippen molar-refractivity contribution in [2.75, 3.05) is 13.1 Å². The van der Waals surface area contributed by atoms with Gasteiger partial charge in [-0.25, -0.2) is 4.98 Å². The quantitative estimate of drug-likeness (QED) is 0.729. The van der Waals surface area contributed by atoms with Crippen molar-refractivity contribution in [3.63, 3.8) is 0 Å². The van der Waals surface area contributed by atoms with Gasteiger partial charge in [-0.3, -0.25) is 4.79 Å². The number of pyridine rings is 1. The van der Waals surface area contributed by atoms with Gasteiger partial charge in [0.05, 0.1) is 0 Å². The van der Waals surface area contributed by atoms with Gasteiger partial charge < -0.3 is 15.7 Å². The molecule has 1 aliphatic heterocycles. The average Bonchev–Trinajstić information content (AvgIpc) is 2.31. The van der Waals surface area contributed by atoms with Crippen molar-refractivity contribution in [1.29, 1.82) is 0 Å². The molecule has 17 heavy (non-hydrogen) atoms. The third-order valence-electron chi connectivity index (χ3n) is 2.63. The fraction of sp³-hybridized carbons (Fsp3) is 0.455. The highest BCUT2D eigenvalue weighted by atomic mass is 35.5. The van der Waals surface area contributed by atoms with E-state index in [0.29, 0.717) is 0 Å². The zero-order chi connectivity index (χ0) is 11.4. The molecule has 94 valence electrons. The Bertz CT molecular complexity index is 381. The maximum absolute atomic E-state index is 11.8. The van der Waals surface area contributed by atoms with Crippen LogP contribution in [-0.4, -0.2) is 35.1 Å². The minimum absolute atomic E-state index is 0. The molecular formula is C11H16ClN3O2. The van der Waals surface area contributed by atoms with E-state index in [2.05, 4.69) is 15.6 Å². The summed E-state index contributed by atoms with van der Waals surface area (Å²) in [5.74, 6) is -0.393. The van der Waals surface area contributed by atoms with Crippen molar-refractivity contribution in [1.82, 2.24) is 15.6 Å². The van der Waals surface area contributed by atoms with E-state index in [-0.39, 0.29) is 35.8 Å². The predicted octanol–water partition coefficient (Wildman–Crippen LogP) is 0.691. The summed E-state index contributed by atoms with van der Waals surface area (Å²) in [6, 6.07) is 3.18. The van der Waals surface area contributed by atoms with Crippen molar-refractivity contribution in [3.8, 4) is 5.75 Å². The molecule has 1 saturated heterocycles. The lowest BCUT2D eigenvalue weighted by atomic mass is 10.1. The molecule has 2 rings (SSSR count). The molecule has 2 heterocycles. The molecular weight excluding hydrogens is 242 g/mol. The SMILES string of the molecule is Cl.O=C(N[C@H]1CCCNC1)c1ncccc1O. The zero-order valence-corrected chi connectivity index (χ0v) is 10.2. The van der Waals surface area contributed by atoms with Crippen LogP contribution in [-0.2, 0) is 0 Å². The van der Waals surface area contributed by atoms with E-state index in [4.69, 9.17) is 0 Å². The normalized spacial score (nSPS) is 19.2. The van der Waals surface area contributed by atoms with Gasteiger partial charge >= 0.3 is 0 Å². The second-order valence-electron chi connectivity index (χ2n) is 3.89. The molecule has 1 aromatic heterocycles. The minimum Gasteiger partial charge on any atom is -0.505 e. The number of rotatable bonds is 2. The van der Waals surface area contributed by atoms with Crippen LogP contribution in [0.4, 0.5) is 0 Å². The number of hydrogen-bond donors (Lipinski definition) is 3. The third kappa shape index (κ3) is 3.57. The summed E-state index contributed by atoms with van der Waals surface area (Å²) in [4.78, 5) is 15.6. The van der Waals surface area contributed by atoms with Gasteiger partial charge in [-0.05, 0) is 31.5 Å². The van der Waals surface area contributed by atoms with Crippen molar-refractivity contribution in [2.45, 2.75) is 18.9 Å². The van der Waals surface area contributed by atoms with Crippen molar-refractivity contribution >= 4 is 18.3 Å². The van der Waals surface area contributed by atoms with Gasteiger partial charge in [0, 0.05) is 18.8 Å². The number of nitrogens with zero attached hydrogens (tertiary/aromatic N) is 1. The fourth-order valence-corrected chi connectivity index (χ4v) is 1.80. The van der Waals surface area contributed by atoms with Crippen LogP contribution in [0.25, 0.3) is 0 Å². The van der Waals surface area contributed by atoms with E-state index >= 15 is 0 Å². The Morgan fingerprint density at radius 2 is 2.41 bits per heavy atom. The van der Waals surface area contributed by atoms with Crippen molar-refractivity contribution in [3.05, 3.63) is 24.0 Å². The first kappa shape index (κ1) is 13.7. The molecule has 1 atom stereocenters. The largest absolute Gasteiger partial charge is 0.505 e. The number of piperidine rings is 1. The third-order valence-corrected chi connectivity index (χ3v) is 2.63. The van der Waals surface area contributed by atoms with E-state index in [0.717, 1.165) is 25.9 Å². The molecule has 0 radical (unpaired) electrons. The van der Waals surface area contributed by atoms with Gasteiger partial charge in [0.25, 0.3) is 5.91 Å². The summed E-state index contributed by atoms with van der Waals surface area (Å²) in [6.45, 7) is 1.78. The van der Waals surface area contributed by atoms with Crippen LogP contribution in [0.1, 0.15) is 23.3 Å². The highest BCUT2D eigenvalue weighted by molar-refractivity contribution is 5.94. The van der Waals surface area contributed by atoms with Crippen LogP contribution >= 0.6 is 12.4 Å². The van der Waals surface area contributed by atoms with Gasteiger partial charge in [0.2, 0.25) is 0 Å². The predicted molar refractivity (Wildman–Crippen MR) is 66.5 cm³/mol. The van der Waals surface area contributed by atoms with Crippen LogP contribution in [0.2, 0.25) is 0 Å². The van der Waals surface area contributed by atoms with Crippen molar-refractivity contribution in [2.24, 2.45) is 0 Å². The summed E-state index contributed by atoms with van der Waals surface area (Å²) in [7, 11) is 0. The van der Waals surface area contributed by atoms with Crippen LogP contribution < -0.4 is 10.6 Å². The van der Waals surface area contributed by atoms with Gasteiger partial charge in [-0.1, -0.05) is 0 Å². The Labute approximate surface area is 106 Å². The van der Waals surface area contributed by atoms with E-state index in [1.807, 2.05) is 0 Å². The molecule has 0 aromatic carbocycles. The van der Waals surface area contributed by atoms with Crippen LogP contribution in [0.15, 0.2) is 18.3 Å². The van der Waals surface area contributed by atoms with Crippen LogP contribution in [0.3, 0.4) is 0 Å². The van der Waals surface area contributed by atoms with Crippen molar-refractivity contribution < 1.29 is 9.90 Å².